The molecule has 1 unspecified atom stereocenters. The van der Waals surface area contributed by atoms with Gasteiger partial charge < -0.3 is 14.8 Å². The van der Waals surface area contributed by atoms with Gasteiger partial charge in [-0.25, -0.2) is 0 Å². The molecular weight excluding hydrogens is 298 g/mol. The summed E-state index contributed by atoms with van der Waals surface area (Å²) in [6, 6.07) is 16.8. The highest BCUT2D eigenvalue weighted by Gasteiger charge is 2.07. The Hall–Kier alpha value is -1.71. The van der Waals surface area contributed by atoms with Crippen molar-refractivity contribution in [1.82, 2.24) is 5.32 Å². The molecule has 120 valence electrons. The monoisotopic (exact) mass is 321 g/mol. The van der Waals surface area contributed by atoms with Gasteiger partial charge in [-0.15, -0.1) is 12.4 Å². The molecule has 0 aliphatic carbocycles. The van der Waals surface area contributed by atoms with Crippen molar-refractivity contribution in [3.63, 3.8) is 0 Å². The molecule has 0 saturated heterocycles. The van der Waals surface area contributed by atoms with Crippen molar-refractivity contribution in [3.05, 3.63) is 59.7 Å². The van der Waals surface area contributed by atoms with Crippen LogP contribution in [0.15, 0.2) is 48.5 Å². The van der Waals surface area contributed by atoms with E-state index in [2.05, 4.69) is 42.6 Å². The van der Waals surface area contributed by atoms with Crippen LogP contribution in [0.1, 0.15) is 31.0 Å². The van der Waals surface area contributed by atoms with Gasteiger partial charge >= 0.3 is 0 Å². The fourth-order valence-corrected chi connectivity index (χ4v) is 2.23. The summed E-state index contributed by atoms with van der Waals surface area (Å²) < 4.78 is 10.9. The van der Waals surface area contributed by atoms with Gasteiger partial charge in [-0.1, -0.05) is 36.4 Å². The summed E-state index contributed by atoms with van der Waals surface area (Å²) in [5, 5.41) is 3.52. The Morgan fingerprint density at radius 1 is 1.05 bits per heavy atom. The molecule has 0 bridgehead atoms. The Morgan fingerprint density at radius 3 is 2.41 bits per heavy atom. The first kappa shape index (κ1) is 18.3. The molecule has 2 aromatic carbocycles. The van der Waals surface area contributed by atoms with E-state index in [1.807, 2.05) is 25.1 Å². The molecule has 22 heavy (non-hydrogen) atoms. The van der Waals surface area contributed by atoms with E-state index in [0.29, 0.717) is 12.6 Å². The maximum Gasteiger partial charge on any atom is 0.161 e. The zero-order valence-electron chi connectivity index (χ0n) is 13.3. The average molecular weight is 322 g/mol. The second-order valence-electron chi connectivity index (χ2n) is 4.93. The number of hydrogen-bond donors (Lipinski definition) is 1. The van der Waals surface area contributed by atoms with Crippen LogP contribution in [0.2, 0.25) is 0 Å². The summed E-state index contributed by atoms with van der Waals surface area (Å²) in [5.41, 5.74) is 2.47. The van der Waals surface area contributed by atoms with Gasteiger partial charge in [0.1, 0.15) is 0 Å². The molecule has 1 atom stereocenters. The lowest BCUT2D eigenvalue weighted by molar-refractivity contribution is 0.310. The molecule has 2 rings (SSSR count). The summed E-state index contributed by atoms with van der Waals surface area (Å²) in [5.74, 6) is 1.57. The first-order valence-corrected chi connectivity index (χ1v) is 7.32. The topological polar surface area (TPSA) is 30.5 Å². The molecule has 0 fully saturated rings. The van der Waals surface area contributed by atoms with Crippen LogP contribution < -0.4 is 14.8 Å². The lowest BCUT2D eigenvalue weighted by atomic mass is 10.1. The van der Waals surface area contributed by atoms with Crippen LogP contribution in [0, 0.1) is 0 Å². The number of ether oxygens (including phenoxy) is 2. The molecule has 4 heteroatoms. The minimum absolute atomic E-state index is 0. The van der Waals surface area contributed by atoms with Gasteiger partial charge in [0.25, 0.3) is 0 Å². The van der Waals surface area contributed by atoms with Gasteiger partial charge in [0.2, 0.25) is 0 Å². The molecule has 3 nitrogen and oxygen atoms in total. The van der Waals surface area contributed by atoms with E-state index < -0.39 is 0 Å². The first-order chi connectivity index (χ1) is 10.2. The summed E-state index contributed by atoms with van der Waals surface area (Å²) in [4.78, 5) is 0. The number of benzene rings is 2. The largest absolute Gasteiger partial charge is 0.493 e. The standard InChI is InChI=1S/C18H23NO2.ClH/c1-4-21-17-11-10-15(12-18(17)20-3)13-19-14(2)16-8-6-5-7-9-16;/h5-12,14,19H,4,13H2,1-3H3;1H. The van der Waals surface area contributed by atoms with Gasteiger partial charge in [-0.2, -0.15) is 0 Å². The Balaban J connectivity index is 0.00000242. The normalized spacial score (nSPS) is 11.4. The highest BCUT2D eigenvalue weighted by molar-refractivity contribution is 5.85. The van der Waals surface area contributed by atoms with Crippen LogP contribution in [0.3, 0.4) is 0 Å². The van der Waals surface area contributed by atoms with Crippen molar-refractivity contribution in [2.45, 2.75) is 26.4 Å². The number of hydrogen-bond acceptors (Lipinski definition) is 3. The smallest absolute Gasteiger partial charge is 0.161 e. The minimum atomic E-state index is 0. The molecule has 0 aliphatic heterocycles. The molecule has 0 amide bonds. The molecular formula is C18H24ClNO2. The summed E-state index contributed by atoms with van der Waals surface area (Å²) >= 11 is 0. The second-order valence-corrected chi connectivity index (χ2v) is 4.93. The molecule has 2 aromatic rings. The predicted molar refractivity (Wildman–Crippen MR) is 93.1 cm³/mol. The molecule has 1 N–H and O–H groups in total. The highest BCUT2D eigenvalue weighted by Crippen LogP contribution is 2.28. The van der Waals surface area contributed by atoms with Crippen molar-refractivity contribution in [1.29, 1.82) is 0 Å². The first-order valence-electron chi connectivity index (χ1n) is 7.32. The fourth-order valence-electron chi connectivity index (χ4n) is 2.23. The molecule has 0 radical (unpaired) electrons. The van der Waals surface area contributed by atoms with Gasteiger partial charge in [-0.05, 0) is 37.1 Å². The van der Waals surface area contributed by atoms with Gasteiger partial charge in [-0.3, -0.25) is 0 Å². The van der Waals surface area contributed by atoms with E-state index in [9.17, 15) is 0 Å². The summed E-state index contributed by atoms with van der Waals surface area (Å²) in [6.45, 7) is 5.56. The van der Waals surface area contributed by atoms with Crippen LogP contribution >= 0.6 is 12.4 Å². The van der Waals surface area contributed by atoms with Crippen LogP contribution in [-0.4, -0.2) is 13.7 Å². The van der Waals surface area contributed by atoms with E-state index >= 15 is 0 Å². The van der Waals surface area contributed by atoms with Crippen LogP contribution in [0.4, 0.5) is 0 Å². The molecule has 0 heterocycles. The highest BCUT2D eigenvalue weighted by atomic mass is 35.5. The Morgan fingerprint density at radius 2 is 1.77 bits per heavy atom. The minimum Gasteiger partial charge on any atom is -0.493 e. The van der Waals surface area contributed by atoms with Crippen molar-refractivity contribution in [2.75, 3.05) is 13.7 Å². The SMILES string of the molecule is CCOc1ccc(CNC(C)c2ccccc2)cc1OC.Cl. The fraction of sp³-hybridized carbons (Fsp3) is 0.333. The molecule has 0 aliphatic rings. The van der Waals surface area contributed by atoms with Crippen molar-refractivity contribution in [3.8, 4) is 11.5 Å². The second kappa shape index (κ2) is 9.34. The van der Waals surface area contributed by atoms with Gasteiger partial charge in [0.15, 0.2) is 11.5 Å². The molecule has 0 spiro atoms. The van der Waals surface area contributed by atoms with E-state index in [0.717, 1.165) is 18.0 Å². The molecule has 0 aromatic heterocycles. The lowest BCUT2D eigenvalue weighted by Crippen LogP contribution is -2.18. The maximum atomic E-state index is 5.53. The van der Waals surface area contributed by atoms with Crippen molar-refractivity contribution in [2.24, 2.45) is 0 Å². The maximum absolute atomic E-state index is 5.53. The third-order valence-corrected chi connectivity index (χ3v) is 3.44. The van der Waals surface area contributed by atoms with Crippen LogP contribution in [0.25, 0.3) is 0 Å². The number of nitrogens with one attached hydrogen (secondary N) is 1. The zero-order valence-corrected chi connectivity index (χ0v) is 14.2. The average Bonchev–Trinajstić information content (AvgIpc) is 2.54. The third kappa shape index (κ3) is 4.93. The van der Waals surface area contributed by atoms with Gasteiger partial charge in [0, 0.05) is 12.6 Å². The zero-order chi connectivity index (χ0) is 15.1. The van der Waals surface area contributed by atoms with E-state index in [1.165, 1.54) is 11.1 Å². The quantitative estimate of drug-likeness (QED) is 0.821. The van der Waals surface area contributed by atoms with Crippen LogP contribution in [0.5, 0.6) is 11.5 Å². The third-order valence-electron chi connectivity index (χ3n) is 3.44. The van der Waals surface area contributed by atoms with E-state index in [4.69, 9.17) is 9.47 Å². The summed E-state index contributed by atoms with van der Waals surface area (Å²) in [7, 11) is 1.67. The summed E-state index contributed by atoms with van der Waals surface area (Å²) in [6.07, 6.45) is 0. The number of halogens is 1. The van der Waals surface area contributed by atoms with Crippen molar-refractivity contribution >= 4 is 12.4 Å². The Kier molecular flexibility index (Phi) is 7.78. The van der Waals surface area contributed by atoms with Gasteiger partial charge in [0.05, 0.1) is 13.7 Å². The Labute approximate surface area is 139 Å². The lowest BCUT2D eigenvalue weighted by Gasteiger charge is -2.15. The van der Waals surface area contributed by atoms with Crippen LogP contribution in [-0.2, 0) is 6.54 Å². The molecule has 0 saturated carbocycles. The predicted octanol–water partition coefficient (Wildman–Crippen LogP) is 4.37. The number of rotatable bonds is 7. The van der Waals surface area contributed by atoms with E-state index in [1.54, 1.807) is 7.11 Å². The number of methoxy groups -OCH3 is 1. The van der Waals surface area contributed by atoms with E-state index in [-0.39, 0.29) is 12.4 Å². The van der Waals surface area contributed by atoms with Crippen molar-refractivity contribution < 1.29 is 9.47 Å². The Bertz CT molecular complexity index is 560.